The highest BCUT2D eigenvalue weighted by molar-refractivity contribution is 9.08. The molecule has 0 saturated carbocycles. The maximum absolute atomic E-state index is 3.47. The van der Waals surface area contributed by atoms with Crippen molar-refractivity contribution in [1.29, 1.82) is 0 Å². The maximum Gasteiger partial charge on any atom is 0.0207 e. The Morgan fingerprint density at radius 2 is 2.00 bits per heavy atom. The summed E-state index contributed by atoms with van der Waals surface area (Å²) in [6.07, 6.45) is 1.12. The molecule has 0 aromatic heterocycles. The van der Waals surface area contributed by atoms with E-state index in [-0.39, 0.29) is 0 Å². The van der Waals surface area contributed by atoms with E-state index in [2.05, 4.69) is 57.0 Å². The molecule has 1 unspecified atom stereocenters. The summed E-state index contributed by atoms with van der Waals surface area (Å²) >= 11 is 3.20. The molecule has 1 rings (SSSR count). The van der Waals surface area contributed by atoms with Gasteiger partial charge in [-0.05, 0) is 18.9 Å². The first-order valence-corrected chi connectivity index (χ1v) is 5.73. The fourth-order valence-electron chi connectivity index (χ4n) is 1.26. The van der Waals surface area contributed by atoms with Crippen LogP contribution in [0.25, 0.3) is 0 Å². The average Bonchev–Trinajstić information content (AvgIpc) is 2.25. The van der Waals surface area contributed by atoms with Crippen LogP contribution in [0.5, 0.6) is 0 Å². The van der Waals surface area contributed by atoms with Crippen LogP contribution in [-0.2, 0) is 6.54 Å². The largest absolute Gasteiger partial charge is 0.310 e. The first-order chi connectivity index (χ1) is 6.83. The molecule has 1 aromatic rings. The molecule has 0 fully saturated rings. The smallest absolute Gasteiger partial charge is 0.0207 e. The molecule has 0 aliphatic rings. The van der Waals surface area contributed by atoms with E-state index in [0.29, 0.717) is 6.04 Å². The second kappa shape index (κ2) is 6.98. The number of halogens is 1. The zero-order valence-corrected chi connectivity index (χ0v) is 10.0. The molecule has 2 nitrogen and oxygen atoms in total. The molecule has 0 aliphatic carbocycles. The van der Waals surface area contributed by atoms with Crippen LogP contribution in [-0.4, -0.2) is 12.6 Å². The quantitative estimate of drug-likeness (QED) is 0.765. The molecule has 0 spiro atoms. The normalized spacial score (nSPS) is 12.7. The Morgan fingerprint density at radius 3 is 2.64 bits per heavy atom. The van der Waals surface area contributed by atoms with Crippen molar-refractivity contribution < 1.29 is 0 Å². The molecule has 0 aliphatic heterocycles. The van der Waals surface area contributed by atoms with Crippen LogP contribution in [0.1, 0.15) is 18.9 Å². The van der Waals surface area contributed by atoms with Gasteiger partial charge in [0.05, 0.1) is 0 Å². The Bertz CT molecular complexity index is 238. The van der Waals surface area contributed by atoms with E-state index < -0.39 is 0 Å². The lowest BCUT2D eigenvalue weighted by molar-refractivity contribution is 0.515. The van der Waals surface area contributed by atoms with Gasteiger partial charge in [0.15, 0.2) is 0 Å². The Kier molecular flexibility index (Phi) is 5.83. The number of rotatable bonds is 6. The summed E-state index contributed by atoms with van der Waals surface area (Å²) in [6.45, 7) is 4.14. The lowest BCUT2D eigenvalue weighted by Crippen LogP contribution is -2.27. The number of nitrogens with one attached hydrogen (secondary N) is 2. The summed E-state index contributed by atoms with van der Waals surface area (Å²) in [5.41, 5.74) is 1.34. The average molecular weight is 257 g/mol. The highest BCUT2D eigenvalue weighted by Gasteiger charge is 1.99. The highest BCUT2D eigenvalue weighted by atomic mass is 79.9. The van der Waals surface area contributed by atoms with Gasteiger partial charge in [0.1, 0.15) is 0 Å². The van der Waals surface area contributed by atoms with E-state index in [0.717, 1.165) is 19.5 Å². The Morgan fingerprint density at radius 1 is 1.29 bits per heavy atom. The monoisotopic (exact) mass is 256 g/mol. The van der Waals surface area contributed by atoms with E-state index in [1.807, 2.05) is 6.07 Å². The zero-order valence-electron chi connectivity index (χ0n) is 8.46. The molecule has 1 atom stereocenters. The summed E-state index contributed by atoms with van der Waals surface area (Å²) in [5, 5.41) is 3.47. The van der Waals surface area contributed by atoms with Crippen LogP contribution >= 0.6 is 16.1 Å². The molecule has 78 valence electrons. The minimum atomic E-state index is 0.542. The standard InChI is InChI=1S/C11H17BrN2/c1-10(7-8-14-12)13-9-11-5-3-2-4-6-11/h2-6,10,13-14H,7-9H2,1H3. The van der Waals surface area contributed by atoms with E-state index in [9.17, 15) is 0 Å². The molecule has 2 N–H and O–H groups in total. The second-order valence-electron chi connectivity index (χ2n) is 3.44. The molecule has 0 bridgehead atoms. The van der Waals surface area contributed by atoms with E-state index in [4.69, 9.17) is 0 Å². The number of hydrogen-bond acceptors (Lipinski definition) is 2. The van der Waals surface area contributed by atoms with Crippen molar-refractivity contribution in [3.63, 3.8) is 0 Å². The Balaban J connectivity index is 2.20. The van der Waals surface area contributed by atoms with Gasteiger partial charge in [0, 0.05) is 35.3 Å². The lowest BCUT2D eigenvalue weighted by Gasteiger charge is -2.12. The molecule has 0 heterocycles. The molecule has 1 aromatic carbocycles. The van der Waals surface area contributed by atoms with Crippen LogP contribution in [0.3, 0.4) is 0 Å². The Hall–Kier alpha value is -0.380. The molecule has 3 heteroatoms. The van der Waals surface area contributed by atoms with Gasteiger partial charge in [-0.25, -0.2) is 0 Å². The van der Waals surface area contributed by atoms with Gasteiger partial charge in [-0.2, -0.15) is 0 Å². The summed E-state index contributed by atoms with van der Waals surface area (Å²) in [5.74, 6) is 0. The summed E-state index contributed by atoms with van der Waals surface area (Å²) in [4.78, 5) is 0. The van der Waals surface area contributed by atoms with Crippen molar-refractivity contribution in [2.45, 2.75) is 25.9 Å². The summed E-state index contributed by atoms with van der Waals surface area (Å²) in [6, 6.07) is 11.0. The van der Waals surface area contributed by atoms with Crippen LogP contribution in [0.2, 0.25) is 0 Å². The van der Waals surface area contributed by atoms with Crippen molar-refractivity contribution in [3.05, 3.63) is 35.9 Å². The first-order valence-electron chi connectivity index (χ1n) is 4.93. The van der Waals surface area contributed by atoms with Gasteiger partial charge >= 0.3 is 0 Å². The zero-order chi connectivity index (χ0) is 10.2. The number of benzene rings is 1. The van der Waals surface area contributed by atoms with Crippen molar-refractivity contribution >= 4 is 16.1 Å². The van der Waals surface area contributed by atoms with E-state index in [1.54, 1.807) is 0 Å². The topological polar surface area (TPSA) is 24.1 Å². The van der Waals surface area contributed by atoms with Crippen LogP contribution < -0.4 is 9.66 Å². The van der Waals surface area contributed by atoms with Gasteiger partial charge in [-0.1, -0.05) is 30.3 Å². The molecule has 0 saturated heterocycles. The first kappa shape index (κ1) is 11.7. The third kappa shape index (κ3) is 4.74. The maximum atomic E-state index is 3.47. The van der Waals surface area contributed by atoms with Crippen molar-refractivity contribution in [1.82, 2.24) is 9.66 Å². The van der Waals surface area contributed by atoms with Gasteiger partial charge in [-0.3, -0.25) is 4.34 Å². The van der Waals surface area contributed by atoms with Crippen molar-refractivity contribution in [2.75, 3.05) is 6.54 Å². The van der Waals surface area contributed by atoms with Gasteiger partial charge in [0.25, 0.3) is 0 Å². The SMILES string of the molecule is CC(CCNBr)NCc1ccccc1. The minimum Gasteiger partial charge on any atom is -0.310 e. The van der Waals surface area contributed by atoms with Gasteiger partial charge in [-0.15, -0.1) is 0 Å². The van der Waals surface area contributed by atoms with Gasteiger partial charge < -0.3 is 5.32 Å². The molecule has 0 amide bonds. The highest BCUT2D eigenvalue weighted by Crippen LogP contribution is 1.99. The minimum absolute atomic E-state index is 0.542. The van der Waals surface area contributed by atoms with Gasteiger partial charge in [0.2, 0.25) is 0 Å². The molecule has 14 heavy (non-hydrogen) atoms. The lowest BCUT2D eigenvalue weighted by atomic mass is 10.2. The fourth-order valence-corrected chi connectivity index (χ4v) is 1.49. The van der Waals surface area contributed by atoms with Crippen molar-refractivity contribution in [3.8, 4) is 0 Å². The molecule has 0 radical (unpaired) electrons. The Labute approximate surface area is 94.4 Å². The predicted octanol–water partition coefficient (Wildman–Crippen LogP) is 2.45. The third-order valence-corrected chi connectivity index (χ3v) is 2.57. The second-order valence-corrected chi connectivity index (χ2v) is 4.00. The van der Waals surface area contributed by atoms with E-state index >= 15 is 0 Å². The summed E-state index contributed by atoms with van der Waals surface area (Å²) in [7, 11) is 0. The summed E-state index contributed by atoms with van der Waals surface area (Å²) < 4.78 is 2.97. The molecular weight excluding hydrogens is 240 g/mol. The van der Waals surface area contributed by atoms with Crippen LogP contribution in [0, 0.1) is 0 Å². The third-order valence-electron chi connectivity index (χ3n) is 2.17. The van der Waals surface area contributed by atoms with Crippen LogP contribution in [0.4, 0.5) is 0 Å². The predicted molar refractivity (Wildman–Crippen MR) is 64.3 cm³/mol. The number of hydrogen-bond donors (Lipinski definition) is 2. The van der Waals surface area contributed by atoms with E-state index in [1.165, 1.54) is 5.56 Å². The van der Waals surface area contributed by atoms with Crippen molar-refractivity contribution in [2.24, 2.45) is 0 Å². The van der Waals surface area contributed by atoms with Crippen LogP contribution in [0.15, 0.2) is 30.3 Å². The fraction of sp³-hybridized carbons (Fsp3) is 0.455. The molecular formula is C11H17BrN2.